The molecule has 0 atom stereocenters. The number of ether oxygens (including phenoxy) is 2. The first-order valence-electron chi connectivity index (χ1n) is 5.68. The van der Waals surface area contributed by atoms with Crippen LogP contribution in [0.5, 0.6) is 11.5 Å². The van der Waals surface area contributed by atoms with E-state index in [9.17, 15) is 4.39 Å². The molecule has 0 radical (unpaired) electrons. The normalized spacial score (nSPS) is 9.74. The summed E-state index contributed by atoms with van der Waals surface area (Å²) in [6, 6.07) is 13.3. The summed E-state index contributed by atoms with van der Waals surface area (Å²) in [5.74, 6) is 0.357. The summed E-state index contributed by atoms with van der Waals surface area (Å²) in [7, 11) is 1.59. The topological polar surface area (TPSA) is 42.2 Å². The molecule has 0 unspecified atom stereocenters. The molecular formula is C15H12FNO2. The van der Waals surface area contributed by atoms with Crippen molar-refractivity contribution in [1.29, 1.82) is 5.26 Å². The van der Waals surface area contributed by atoms with Gasteiger partial charge in [0.05, 0.1) is 18.7 Å². The molecule has 2 aromatic rings. The van der Waals surface area contributed by atoms with Crippen LogP contribution in [0.1, 0.15) is 11.1 Å². The standard InChI is InChI=1S/C15H12FNO2/c1-18-13-5-2-11(3-6-13)10-19-15-7-4-12(9-17)8-14(15)16/h2-8H,10H2,1H3. The summed E-state index contributed by atoms with van der Waals surface area (Å²) in [6.07, 6.45) is 0. The highest BCUT2D eigenvalue weighted by Gasteiger charge is 2.05. The fourth-order valence-corrected chi connectivity index (χ4v) is 1.57. The Hall–Kier alpha value is -2.54. The minimum absolute atomic E-state index is 0.134. The minimum atomic E-state index is -0.535. The van der Waals surface area contributed by atoms with Crippen LogP contribution in [0.2, 0.25) is 0 Å². The smallest absolute Gasteiger partial charge is 0.166 e. The van der Waals surface area contributed by atoms with Gasteiger partial charge in [0.15, 0.2) is 11.6 Å². The second kappa shape index (κ2) is 5.87. The highest BCUT2D eigenvalue weighted by atomic mass is 19.1. The van der Waals surface area contributed by atoms with E-state index in [4.69, 9.17) is 14.7 Å². The third kappa shape index (κ3) is 3.23. The molecule has 0 saturated carbocycles. The molecule has 4 heteroatoms. The average molecular weight is 257 g/mol. The Labute approximate surface area is 110 Å². The van der Waals surface area contributed by atoms with Crippen LogP contribution in [0, 0.1) is 17.1 Å². The maximum Gasteiger partial charge on any atom is 0.166 e. The molecular weight excluding hydrogens is 245 g/mol. The maximum atomic E-state index is 13.6. The van der Waals surface area contributed by atoms with Gasteiger partial charge < -0.3 is 9.47 Å². The first-order valence-corrected chi connectivity index (χ1v) is 5.68. The van der Waals surface area contributed by atoms with E-state index in [2.05, 4.69) is 0 Å². The zero-order valence-electron chi connectivity index (χ0n) is 10.4. The first-order chi connectivity index (χ1) is 9.22. The number of hydrogen-bond donors (Lipinski definition) is 0. The van der Waals surface area contributed by atoms with E-state index in [0.29, 0.717) is 0 Å². The fraction of sp³-hybridized carbons (Fsp3) is 0.133. The minimum Gasteiger partial charge on any atom is -0.497 e. The predicted octanol–water partition coefficient (Wildman–Crippen LogP) is 3.28. The van der Waals surface area contributed by atoms with E-state index in [-0.39, 0.29) is 17.9 Å². The van der Waals surface area contributed by atoms with Gasteiger partial charge in [-0.2, -0.15) is 5.26 Å². The van der Waals surface area contributed by atoms with Crippen LogP contribution in [0.15, 0.2) is 42.5 Å². The van der Waals surface area contributed by atoms with Crippen LogP contribution in [-0.2, 0) is 6.61 Å². The zero-order chi connectivity index (χ0) is 13.7. The average Bonchev–Trinajstić information content (AvgIpc) is 2.46. The largest absolute Gasteiger partial charge is 0.497 e. The van der Waals surface area contributed by atoms with E-state index < -0.39 is 5.82 Å². The lowest BCUT2D eigenvalue weighted by atomic mass is 10.2. The molecule has 0 aromatic heterocycles. The molecule has 2 rings (SSSR count). The summed E-state index contributed by atoms with van der Waals surface area (Å²) < 4.78 is 24.0. The summed E-state index contributed by atoms with van der Waals surface area (Å²) >= 11 is 0. The van der Waals surface area contributed by atoms with Gasteiger partial charge in [0.2, 0.25) is 0 Å². The molecule has 0 aliphatic rings. The van der Waals surface area contributed by atoms with Crippen molar-refractivity contribution in [2.75, 3.05) is 7.11 Å². The van der Waals surface area contributed by atoms with Gasteiger partial charge in [-0.25, -0.2) is 4.39 Å². The van der Waals surface area contributed by atoms with Gasteiger partial charge >= 0.3 is 0 Å². The second-order valence-corrected chi connectivity index (χ2v) is 3.89. The molecule has 0 spiro atoms. The molecule has 0 aliphatic heterocycles. The van der Waals surface area contributed by atoms with Gasteiger partial charge in [-0.15, -0.1) is 0 Å². The van der Waals surface area contributed by atoms with Gasteiger partial charge in [0.1, 0.15) is 12.4 Å². The van der Waals surface area contributed by atoms with Crippen LogP contribution in [0.3, 0.4) is 0 Å². The van der Waals surface area contributed by atoms with Crippen LogP contribution in [0.25, 0.3) is 0 Å². The summed E-state index contributed by atoms with van der Waals surface area (Å²) in [6.45, 7) is 0.257. The molecule has 19 heavy (non-hydrogen) atoms. The number of halogens is 1. The van der Waals surface area contributed by atoms with Crippen LogP contribution >= 0.6 is 0 Å². The fourth-order valence-electron chi connectivity index (χ4n) is 1.57. The second-order valence-electron chi connectivity index (χ2n) is 3.89. The molecule has 0 N–H and O–H groups in total. The summed E-state index contributed by atoms with van der Waals surface area (Å²) in [4.78, 5) is 0. The number of rotatable bonds is 4. The van der Waals surface area contributed by atoms with E-state index in [1.165, 1.54) is 12.1 Å². The molecule has 96 valence electrons. The molecule has 0 saturated heterocycles. The first kappa shape index (κ1) is 12.9. The molecule has 2 aromatic carbocycles. The van der Waals surface area contributed by atoms with E-state index >= 15 is 0 Å². The lowest BCUT2D eigenvalue weighted by Crippen LogP contribution is -1.97. The number of methoxy groups -OCH3 is 1. The molecule has 0 heterocycles. The van der Waals surface area contributed by atoms with Crippen molar-refractivity contribution in [3.8, 4) is 17.6 Å². The third-order valence-corrected chi connectivity index (χ3v) is 2.61. The Bertz CT molecular complexity index is 603. The van der Waals surface area contributed by atoms with E-state index in [1.807, 2.05) is 30.3 Å². The Balaban J connectivity index is 2.04. The Kier molecular flexibility index (Phi) is 3.99. The molecule has 0 aliphatic carbocycles. The lowest BCUT2D eigenvalue weighted by molar-refractivity contribution is 0.290. The highest BCUT2D eigenvalue weighted by molar-refractivity contribution is 5.36. The molecule has 0 bridgehead atoms. The van der Waals surface area contributed by atoms with Crippen molar-refractivity contribution in [2.45, 2.75) is 6.61 Å². The Morgan fingerprint density at radius 1 is 1.16 bits per heavy atom. The van der Waals surface area contributed by atoms with Crippen LogP contribution in [0.4, 0.5) is 4.39 Å². The van der Waals surface area contributed by atoms with Gasteiger partial charge in [0, 0.05) is 0 Å². The Morgan fingerprint density at radius 2 is 1.89 bits per heavy atom. The van der Waals surface area contributed by atoms with E-state index in [1.54, 1.807) is 7.11 Å². The Morgan fingerprint density at radius 3 is 2.47 bits per heavy atom. The van der Waals surface area contributed by atoms with Crippen LogP contribution in [-0.4, -0.2) is 7.11 Å². The van der Waals surface area contributed by atoms with Gasteiger partial charge in [0.25, 0.3) is 0 Å². The van der Waals surface area contributed by atoms with Crippen molar-refractivity contribution < 1.29 is 13.9 Å². The van der Waals surface area contributed by atoms with Gasteiger partial charge in [-0.05, 0) is 35.9 Å². The zero-order valence-corrected chi connectivity index (χ0v) is 10.4. The predicted molar refractivity (Wildman–Crippen MR) is 68.4 cm³/mol. The summed E-state index contributed by atoms with van der Waals surface area (Å²) in [5.41, 5.74) is 1.18. The quantitative estimate of drug-likeness (QED) is 0.844. The van der Waals surface area contributed by atoms with E-state index in [0.717, 1.165) is 17.4 Å². The lowest BCUT2D eigenvalue weighted by Gasteiger charge is -2.08. The number of nitriles is 1. The van der Waals surface area contributed by atoms with Crippen molar-refractivity contribution >= 4 is 0 Å². The molecule has 3 nitrogen and oxygen atoms in total. The van der Waals surface area contributed by atoms with Crippen molar-refractivity contribution in [3.05, 3.63) is 59.4 Å². The molecule has 0 amide bonds. The van der Waals surface area contributed by atoms with Crippen molar-refractivity contribution in [1.82, 2.24) is 0 Å². The third-order valence-electron chi connectivity index (χ3n) is 2.61. The number of hydrogen-bond acceptors (Lipinski definition) is 3. The highest BCUT2D eigenvalue weighted by Crippen LogP contribution is 2.20. The van der Waals surface area contributed by atoms with Gasteiger partial charge in [-0.3, -0.25) is 0 Å². The number of benzene rings is 2. The van der Waals surface area contributed by atoms with Crippen molar-refractivity contribution in [2.24, 2.45) is 0 Å². The SMILES string of the molecule is COc1ccc(COc2ccc(C#N)cc2F)cc1. The summed E-state index contributed by atoms with van der Waals surface area (Å²) in [5, 5.41) is 8.64. The number of nitrogens with zero attached hydrogens (tertiary/aromatic N) is 1. The van der Waals surface area contributed by atoms with Crippen molar-refractivity contribution in [3.63, 3.8) is 0 Å². The monoisotopic (exact) mass is 257 g/mol. The maximum absolute atomic E-state index is 13.6. The molecule has 0 fully saturated rings. The van der Waals surface area contributed by atoms with Crippen LogP contribution < -0.4 is 9.47 Å². The van der Waals surface area contributed by atoms with Gasteiger partial charge in [-0.1, -0.05) is 12.1 Å².